The highest BCUT2D eigenvalue weighted by Gasteiger charge is 2.25. The standard InChI is InChI=1S/C20H17ClFNO3S/c1-11-10-23-20(27-11)16(9-19(24)25)15-7-12(3-6-18(15)26-2)14-5-4-13(21)8-17(14)22/h3-8,10,16H,9H2,1-2H3,(H,24,25). The Morgan fingerprint density at radius 2 is 2.11 bits per heavy atom. The molecule has 140 valence electrons. The van der Waals surface area contributed by atoms with E-state index in [-0.39, 0.29) is 6.42 Å². The third-order valence-corrected chi connectivity index (χ3v) is 5.42. The molecule has 1 unspecified atom stereocenters. The van der Waals surface area contributed by atoms with Crippen molar-refractivity contribution in [3.63, 3.8) is 0 Å². The highest BCUT2D eigenvalue weighted by Crippen LogP contribution is 2.39. The first-order valence-corrected chi connectivity index (χ1v) is 9.36. The average Bonchev–Trinajstić information content (AvgIpc) is 3.05. The van der Waals surface area contributed by atoms with E-state index in [9.17, 15) is 14.3 Å². The van der Waals surface area contributed by atoms with Crippen molar-refractivity contribution in [2.75, 3.05) is 7.11 Å². The number of rotatable bonds is 6. The monoisotopic (exact) mass is 405 g/mol. The molecule has 1 atom stereocenters. The molecule has 0 saturated carbocycles. The maximum atomic E-state index is 14.4. The smallest absolute Gasteiger partial charge is 0.304 e. The number of thiazole rings is 1. The first-order chi connectivity index (χ1) is 12.9. The summed E-state index contributed by atoms with van der Waals surface area (Å²) < 4.78 is 19.8. The maximum absolute atomic E-state index is 14.4. The molecule has 0 aliphatic rings. The number of nitrogens with zero attached hydrogens (tertiary/aromatic N) is 1. The minimum atomic E-state index is -0.946. The van der Waals surface area contributed by atoms with Gasteiger partial charge in [0.25, 0.3) is 0 Å². The van der Waals surface area contributed by atoms with Crippen LogP contribution >= 0.6 is 22.9 Å². The van der Waals surface area contributed by atoms with Crippen molar-refractivity contribution in [1.82, 2.24) is 4.98 Å². The van der Waals surface area contributed by atoms with Crippen LogP contribution in [0.5, 0.6) is 5.75 Å². The van der Waals surface area contributed by atoms with Crippen LogP contribution in [0, 0.1) is 12.7 Å². The van der Waals surface area contributed by atoms with E-state index in [1.54, 1.807) is 36.5 Å². The molecule has 0 fully saturated rings. The number of carboxylic acid groups (broad SMARTS) is 1. The summed E-state index contributed by atoms with van der Waals surface area (Å²) in [7, 11) is 1.52. The van der Waals surface area contributed by atoms with Crippen molar-refractivity contribution in [3.05, 3.63) is 68.9 Å². The van der Waals surface area contributed by atoms with Gasteiger partial charge in [-0.15, -0.1) is 11.3 Å². The van der Waals surface area contributed by atoms with E-state index in [4.69, 9.17) is 16.3 Å². The van der Waals surface area contributed by atoms with Gasteiger partial charge in [0.1, 0.15) is 16.6 Å². The normalized spacial score (nSPS) is 12.0. The summed E-state index contributed by atoms with van der Waals surface area (Å²) >= 11 is 7.28. The number of carboxylic acids is 1. The second-order valence-corrected chi connectivity index (χ2v) is 7.74. The zero-order valence-electron chi connectivity index (χ0n) is 14.7. The van der Waals surface area contributed by atoms with Gasteiger partial charge in [0.15, 0.2) is 0 Å². The fraction of sp³-hybridized carbons (Fsp3) is 0.200. The molecule has 1 N–H and O–H groups in total. The summed E-state index contributed by atoms with van der Waals surface area (Å²) in [6, 6.07) is 9.68. The molecule has 0 radical (unpaired) electrons. The number of aliphatic carboxylic acids is 1. The van der Waals surface area contributed by atoms with Crippen molar-refractivity contribution < 1.29 is 19.0 Å². The first kappa shape index (κ1) is 19.3. The number of carbonyl (C=O) groups is 1. The van der Waals surface area contributed by atoms with Gasteiger partial charge in [-0.05, 0) is 42.8 Å². The molecule has 4 nitrogen and oxygen atoms in total. The molecule has 2 aromatic carbocycles. The summed E-state index contributed by atoms with van der Waals surface area (Å²) in [6.45, 7) is 1.91. The second-order valence-electron chi connectivity index (χ2n) is 6.04. The topological polar surface area (TPSA) is 59.4 Å². The van der Waals surface area contributed by atoms with Crippen LogP contribution in [-0.4, -0.2) is 23.2 Å². The van der Waals surface area contributed by atoms with Crippen LogP contribution in [0.15, 0.2) is 42.6 Å². The predicted molar refractivity (Wildman–Crippen MR) is 104 cm³/mol. The molecule has 7 heteroatoms. The van der Waals surface area contributed by atoms with Crippen LogP contribution in [0.1, 0.15) is 27.8 Å². The summed E-state index contributed by atoms with van der Waals surface area (Å²) in [5, 5.41) is 10.4. The number of aromatic nitrogens is 1. The fourth-order valence-electron chi connectivity index (χ4n) is 2.94. The number of methoxy groups -OCH3 is 1. The highest BCUT2D eigenvalue weighted by atomic mass is 35.5. The first-order valence-electron chi connectivity index (χ1n) is 8.16. The molecule has 0 bridgehead atoms. The molecule has 0 aliphatic carbocycles. The molecule has 1 heterocycles. The Morgan fingerprint density at radius 1 is 1.33 bits per heavy atom. The van der Waals surface area contributed by atoms with E-state index in [2.05, 4.69) is 4.98 Å². The minimum absolute atomic E-state index is 0.143. The zero-order chi connectivity index (χ0) is 19.6. The minimum Gasteiger partial charge on any atom is -0.496 e. The molecule has 27 heavy (non-hydrogen) atoms. The Labute approximate surface area is 165 Å². The van der Waals surface area contributed by atoms with Gasteiger partial charge in [-0.25, -0.2) is 9.37 Å². The summed E-state index contributed by atoms with van der Waals surface area (Å²) in [4.78, 5) is 16.8. The molecular formula is C20H17ClFNO3S. The molecule has 0 saturated heterocycles. The van der Waals surface area contributed by atoms with Crippen LogP contribution < -0.4 is 4.74 Å². The van der Waals surface area contributed by atoms with Crippen molar-refractivity contribution in [2.24, 2.45) is 0 Å². The number of halogens is 2. The number of hydrogen-bond acceptors (Lipinski definition) is 4. The molecule has 1 aromatic heterocycles. The van der Waals surface area contributed by atoms with E-state index in [1.807, 2.05) is 6.92 Å². The third kappa shape index (κ3) is 4.28. The van der Waals surface area contributed by atoms with Crippen molar-refractivity contribution in [2.45, 2.75) is 19.3 Å². The van der Waals surface area contributed by atoms with E-state index >= 15 is 0 Å². The lowest BCUT2D eigenvalue weighted by Gasteiger charge is -2.18. The fourth-order valence-corrected chi connectivity index (χ4v) is 3.99. The molecule has 0 spiro atoms. The summed E-state index contributed by atoms with van der Waals surface area (Å²) in [5.74, 6) is -1.35. The highest BCUT2D eigenvalue weighted by molar-refractivity contribution is 7.11. The van der Waals surface area contributed by atoms with Gasteiger partial charge in [-0.3, -0.25) is 4.79 Å². The van der Waals surface area contributed by atoms with Gasteiger partial charge in [0.2, 0.25) is 0 Å². The van der Waals surface area contributed by atoms with Crippen LogP contribution in [0.3, 0.4) is 0 Å². The summed E-state index contributed by atoms with van der Waals surface area (Å²) in [5.41, 5.74) is 1.65. The molecule has 0 amide bonds. The van der Waals surface area contributed by atoms with Gasteiger partial charge in [0, 0.05) is 27.2 Å². The van der Waals surface area contributed by atoms with Crippen molar-refractivity contribution >= 4 is 28.9 Å². The lowest BCUT2D eigenvalue weighted by molar-refractivity contribution is -0.137. The van der Waals surface area contributed by atoms with Gasteiger partial charge in [-0.1, -0.05) is 17.7 Å². The average molecular weight is 406 g/mol. The molecule has 0 aliphatic heterocycles. The van der Waals surface area contributed by atoms with Crippen molar-refractivity contribution in [3.8, 4) is 16.9 Å². The Morgan fingerprint density at radius 3 is 2.70 bits per heavy atom. The lowest BCUT2D eigenvalue weighted by Crippen LogP contribution is -2.09. The Hall–Kier alpha value is -2.44. The second kappa shape index (κ2) is 8.06. The largest absolute Gasteiger partial charge is 0.496 e. The Bertz CT molecular complexity index is 989. The molecule has 3 aromatic rings. The SMILES string of the molecule is COc1ccc(-c2ccc(Cl)cc2F)cc1C(CC(=O)O)c1ncc(C)s1. The van der Waals surface area contributed by atoms with Gasteiger partial charge < -0.3 is 9.84 Å². The predicted octanol–water partition coefficient (Wildman–Crippen LogP) is 5.53. The van der Waals surface area contributed by atoms with Crippen molar-refractivity contribution in [1.29, 1.82) is 0 Å². The number of ether oxygens (including phenoxy) is 1. The third-order valence-electron chi connectivity index (χ3n) is 4.16. The maximum Gasteiger partial charge on any atom is 0.304 e. The number of benzene rings is 2. The van der Waals surface area contributed by atoms with Crippen LogP contribution in [0.4, 0.5) is 4.39 Å². The summed E-state index contributed by atoms with van der Waals surface area (Å²) in [6.07, 6.45) is 1.57. The van der Waals surface area contributed by atoms with E-state index in [1.165, 1.54) is 24.5 Å². The molecular weight excluding hydrogens is 389 g/mol. The van der Waals surface area contributed by atoms with Gasteiger partial charge in [0.05, 0.1) is 19.4 Å². The Kier molecular flexibility index (Phi) is 5.77. The lowest BCUT2D eigenvalue weighted by atomic mass is 9.92. The van der Waals surface area contributed by atoms with Crippen LogP contribution in [-0.2, 0) is 4.79 Å². The zero-order valence-corrected chi connectivity index (χ0v) is 16.3. The van der Waals surface area contributed by atoms with Crippen LogP contribution in [0.25, 0.3) is 11.1 Å². The van der Waals surface area contributed by atoms with Gasteiger partial charge >= 0.3 is 5.97 Å². The van der Waals surface area contributed by atoms with E-state index in [0.717, 1.165) is 4.88 Å². The van der Waals surface area contributed by atoms with Gasteiger partial charge in [-0.2, -0.15) is 0 Å². The molecule has 3 rings (SSSR count). The van der Waals surface area contributed by atoms with E-state index < -0.39 is 17.7 Å². The Balaban J connectivity index is 2.14. The quantitative estimate of drug-likeness (QED) is 0.586. The number of aryl methyl sites for hydroxylation is 1. The number of hydrogen-bond donors (Lipinski definition) is 1. The van der Waals surface area contributed by atoms with E-state index in [0.29, 0.717) is 32.5 Å². The van der Waals surface area contributed by atoms with Crippen LogP contribution in [0.2, 0.25) is 5.02 Å².